The van der Waals surface area contributed by atoms with Gasteiger partial charge in [-0.25, -0.2) is 13.8 Å². The molecule has 7 nitrogen and oxygen atoms in total. The lowest BCUT2D eigenvalue weighted by Crippen LogP contribution is -2.22. The van der Waals surface area contributed by atoms with Crippen molar-refractivity contribution in [1.82, 2.24) is 19.5 Å². The number of aryl methyl sites for hydroxylation is 1. The van der Waals surface area contributed by atoms with Gasteiger partial charge in [-0.1, -0.05) is 23.2 Å². The fourth-order valence-electron chi connectivity index (χ4n) is 3.38. The Morgan fingerprint density at radius 1 is 1.14 bits per heavy atom. The van der Waals surface area contributed by atoms with Gasteiger partial charge in [-0.15, -0.1) is 11.3 Å². The van der Waals surface area contributed by atoms with Gasteiger partial charge in [0.1, 0.15) is 38.7 Å². The largest absolute Gasteiger partial charge is 0.491 e. The molecule has 1 N–H and O–H groups in total. The minimum Gasteiger partial charge on any atom is -0.491 e. The summed E-state index contributed by atoms with van der Waals surface area (Å²) in [6.45, 7) is 4.91. The third-order valence-corrected chi connectivity index (χ3v) is 6.94. The van der Waals surface area contributed by atoms with Crippen LogP contribution in [0.2, 0.25) is 10.0 Å². The van der Waals surface area contributed by atoms with Crippen LogP contribution in [0.4, 0.5) is 8.78 Å². The normalized spacial score (nSPS) is 11.7. The molecule has 0 unspecified atom stereocenters. The highest BCUT2D eigenvalue weighted by molar-refractivity contribution is 7.10. The molecule has 0 aliphatic rings. The van der Waals surface area contributed by atoms with Crippen molar-refractivity contribution in [2.75, 3.05) is 6.61 Å². The molecule has 0 amide bonds. The van der Waals surface area contributed by atoms with Crippen molar-refractivity contribution < 1.29 is 18.6 Å². The first kappa shape index (κ1) is 26.2. The summed E-state index contributed by atoms with van der Waals surface area (Å²) in [4.78, 5) is 25.6. The van der Waals surface area contributed by atoms with E-state index in [1.54, 1.807) is 38.3 Å². The van der Waals surface area contributed by atoms with Crippen LogP contribution in [-0.2, 0) is 12.0 Å². The number of pyridine rings is 3. The van der Waals surface area contributed by atoms with E-state index in [2.05, 4.69) is 15.0 Å². The highest BCUT2D eigenvalue weighted by Crippen LogP contribution is 2.31. The van der Waals surface area contributed by atoms with Gasteiger partial charge in [0, 0.05) is 35.8 Å². The Balaban J connectivity index is 1.63. The lowest BCUT2D eigenvalue weighted by Gasteiger charge is -2.16. The molecule has 4 aromatic rings. The summed E-state index contributed by atoms with van der Waals surface area (Å²) in [5.41, 5.74) is 0.142. The molecule has 0 aliphatic heterocycles. The Kier molecular flexibility index (Phi) is 7.42. The van der Waals surface area contributed by atoms with Gasteiger partial charge in [0.25, 0.3) is 5.56 Å². The molecule has 0 radical (unpaired) electrons. The van der Waals surface area contributed by atoms with Crippen molar-refractivity contribution in [1.29, 1.82) is 0 Å². The lowest BCUT2D eigenvalue weighted by molar-refractivity contribution is 0.0783. The van der Waals surface area contributed by atoms with Crippen molar-refractivity contribution in [3.8, 4) is 22.8 Å². The van der Waals surface area contributed by atoms with Crippen LogP contribution in [0.15, 0.2) is 40.8 Å². The van der Waals surface area contributed by atoms with Gasteiger partial charge in [0.15, 0.2) is 0 Å². The highest BCUT2D eigenvalue weighted by atomic mass is 35.5. The molecule has 0 saturated carbocycles. The molecule has 0 bridgehead atoms. The molecule has 4 rings (SSSR count). The Morgan fingerprint density at radius 2 is 1.89 bits per heavy atom. The summed E-state index contributed by atoms with van der Waals surface area (Å²) in [7, 11) is 0. The smallest absolute Gasteiger partial charge is 0.277 e. The molecule has 0 aromatic carbocycles. The predicted octanol–water partition coefficient (Wildman–Crippen LogP) is 5.49. The lowest BCUT2D eigenvalue weighted by atomic mass is 10.1. The maximum absolute atomic E-state index is 13.8. The van der Waals surface area contributed by atoms with Crippen LogP contribution in [0.25, 0.3) is 17.1 Å². The third-order valence-electron chi connectivity index (χ3n) is 5.15. The van der Waals surface area contributed by atoms with Crippen molar-refractivity contribution in [2.24, 2.45) is 0 Å². The molecule has 4 aromatic heterocycles. The zero-order chi connectivity index (χ0) is 26.2. The van der Waals surface area contributed by atoms with Crippen LogP contribution in [0, 0.1) is 18.6 Å². The van der Waals surface area contributed by atoms with Crippen LogP contribution < -0.4 is 10.3 Å². The van der Waals surface area contributed by atoms with E-state index < -0.39 is 22.8 Å². The van der Waals surface area contributed by atoms with E-state index in [0.29, 0.717) is 27.8 Å². The SMILES string of the molecule is Cc1cc(OCCc2ncc(F)cc2F)c(Cl)c(=O)n1-c1cc(-c2csc(C(C)(C)O)n2)ncc1Cl. The van der Waals surface area contributed by atoms with Crippen LogP contribution in [0.3, 0.4) is 0 Å². The summed E-state index contributed by atoms with van der Waals surface area (Å²) in [5.74, 6) is -1.45. The quantitative estimate of drug-likeness (QED) is 0.326. The number of nitrogens with zero attached hydrogens (tertiary/aromatic N) is 4. The van der Waals surface area contributed by atoms with Crippen LogP contribution in [0.5, 0.6) is 5.75 Å². The van der Waals surface area contributed by atoms with Crippen molar-refractivity contribution in [2.45, 2.75) is 32.8 Å². The maximum Gasteiger partial charge on any atom is 0.277 e. The van der Waals surface area contributed by atoms with Crippen molar-refractivity contribution in [3.05, 3.63) is 84.4 Å². The third kappa shape index (κ3) is 5.41. The molecule has 4 heterocycles. The standard InChI is InChI=1S/C24H20Cl2F2N4O3S/c1-12-6-20(35-5-4-16-15(28)7-13(27)9-29-16)21(26)22(33)32(12)19-8-17(30-10-14(19)25)18-11-36-23(31-18)24(2,3)34/h6-11,34H,4-5H2,1-3H3. The number of hydrogen-bond donors (Lipinski definition) is 1. The summed E-state index contributed by atoms with van der Waals surface area (Å²) in [6.07, 6.45) is 2.37. The predicted molar refractivity (Wildman–Crippen MR) is 134 cm³/mol. The van der Waals surface area contributed by atoms with E-state index in [-0.39, 0.29) is 34.5 Å². The average Bonchev–Trinajstić information content (AvgIpc) is 3.31. The van der Waals surface area contributed by atoms with E-state index in [1.165, 1.54) is 22.1 Å². The van der Waals surface area contributed by atoms with Gasteiger partial charge in [0.05, 0.1) is 34.9 Å². The number of hydrogen-bond acceptors (Lipinski definition) is 7. The van der Waals surface area contributed by atoms with Gasteiger partial charge >= 0.3 is 0 Å². The summed E-state index contributed by atoms with van der Waals surface area (Å²) < 4.78 is 33.8. The Labute approximate surface area is 219 Å². The van der Waals surface area contributed by atoms with Crippen LogP contribution >= 0.6 is 34.5 Å². The number of ether oxygens (including phenoxy) is 1. The molecule has 0 atom stereocenters. The van der Waals surface area contributed by atoms with Crippen molar-refractivity contribution >= 4 is 34.5 Å². The molecular formula is C24H20Cl2F2N4O3S. The Morgan fingerprint density at radius 3 is 2.56 bits per heavy atom. The molecule has 36 heavy (non-hydrogen) atoms. The molecule has 188 valence electrons. The monoisotopic (exact) mass is 552 g/mol. The van der Waals surface area contributed by atoms with E-state index in [0.717, 1.165) is 12.3 Å². The summed E-state index contributed by atoms with van der Waals surface area (Å²) in [5, 5.41) is 12.5. The number of aromatic nitrogens is 4. The first-order valence-corrected chi connectivity index (χ1v) is 12.3. The fourth-order valence-corrected chi connectivity index (χ4v) is 4.60. The minimum absolute atomic E-state index is 0.0310. The van der Waals surface area contributed by atoms with Gasteiger partial charge in [-0.2, -0.15) is 0 Å². The topological polar surface area (TPSA) is 90.1 Å². The minimum atomic E-state index is -1.10. The number of rotatable bonds is 7. The van der Waals surface area contributed by atoms with Crippen LogP contribution in [0.1, 0.15) is 30.2 Å². The van der Waals surface area contributed by atoms with Gasteiger partial charge in [0.2, 0.25) is 0 Å². The summed E-state index contributed by atoms with van der Waals surface area (Å²) >= 11 is 14.0. The van der Waals surface area contributed by atoms with Crippen LogP contribution in [-0.4, -0.2) is 31.2 Å². The van der Waals surface area contributed by atoms with Gasteiger partial charge in [-0.3, -0.25) is 19.3 Å². The number of halogens is 4. The Bertz CT molecular complexity index is 1500. The summed E-state index contributed by atoms with van der Waals surface area (Å²) in [6, 6.07) is 3.91. The van der Waals surface area contributed by atoms with E-state index in [4.69, 9.17) is 27.9 Å². The second-order valence-electron chi connectivity index (χ2n) is 8.40. The zero-order valence-corrected chi connectivity index (χ0v) is 21.7. The Hall–Kier alpha value is -2.92. The number of thiazole rings is 1. The fraction of sp³-hybridized carbons (Fsp3) is 0.250. The molecule has 0 fully saturated rings. The van der Waals surface area contributed by atoms with Gasteiger partial charge < -0.3 is 9.84 Å². The highest BCUT2D eigenvalue weighted by Gasteiger charge is 2.22. The first-order chi connectivity index (χ1) is 17.0. The van der Waals surface area contributed by atoms with Crippen molar-refractivity contribution in [3.63, 3.8) is 0 Å². The molecular weight excluding hydrogens is 533 g/mol. The first-order valence-electron chi connectivity index (χ1n) is 10.6. The zero-order valence-electron chi connectivity index (χ0n) is 19.4. The van der Waals surface area contributed by atoms with E-state index in [9.17, 15) is 18.7 Å². The molecule has 0 aliphatic carbocycles. The maximum atomic E-state index is 13.8. The van der Waals surface area contributed by atoms with E-state index >= 15 is 0 Å². The number of aliphatic hydroxyl groups is 1. The van der Waals surface area contributed by atoms with Gasteiger partial charge in [-0.05, 0) is 26.8 Å². The molecule has 12 heteroatoms. The second kappa shape index (κ2) is 10.2. The molecule has 0 spiro atoms. The second-order valence-corrected chi connectivity index (χ2v) is 10.0. The van der Waals surface area contributed by atoms with E-state index in [1.807, 2.05) is 0 Å². The molecule has 0 saturated heterocycles. The average molecular weight is 553 g/mol.